The van der Waals surface area contributed by atoms with Crippen molar-refractivity contribution in [2.24, 2.45) is 0 Å². The standard InChI is InChI=1S/C22H25N3O3/c26-21(16-4-2-1-3-5-16)24-13-12-23-18-9-6-15(7-10-18)17-8-11-19-20(14-17)28-22(27)25-19/h1-5,8,11,14-15,18,23H,6-7,9-10,12-13H2,(H,24,26)(H,25,27). The third-order valence-corrected chi connectivity index (χ3v) is 5.52. The number of hydrogen-bond acceptors (Lipinski definition) is 4. The van der Waals surface area contributed by atoms with Crippen molar-refractivity contribution in [1.82, 2.24) is 15.6 Å². The number of nitrogens with one attached hydrogen (secondary N) is 3. The number of carbonyl (C=O) groups excluding carboxylic acids is 1. The highest BCUT2D eigenvalue weighted by molar-refractivity contribution is 5.94. The summed E-state index contributed by atoms with van der Waals surface area (Å²) in [6, 6.07) is 15.8. The van der Waals surface area contributed by atoms with Crippen molar-refractivity contribution in [2.75, 3.05) is 13.1 Å². The summed E-state index contributed by atoms with van der Waals surface area (Å²) in [6.07, 6.45) is 4.42. The van der Waals surface area contributed by atoms with Crippen LogP contribution >= 0.6 is 0 Å². The van der Waals surface area contributed by atoms with Crippen LogP contribution in [-0.4, -0.2) is 30.0 Å². The molecule has 0 atom stereocenters. The highest BCUT2D eigenvalue weighted by Gasteiger charge is 2.22. The van der Waals surface area contributed by atoms with Crippen molar-refractivity contribution >= 4 is 17.0 Å². The third-order valence-electron chi connectivity index (χ3n) is 5.52. The Morgan fingerprint density at radius 3 is 2.61 bits per heavy atom. The number of amides is 1. The van der Waals surface area contributed by atoms with E-state index in [2.05, 4.69) is 21.7 Å². The van der Waals surface area contributed by atoms with Gasteiger partial charge in [-0.1, -0.05) is 24.3 Å². The molecule has 0 bridgehead atoms. The first-order valence-electron chi connectivity index (χ1n) is 9.88. The first kappa shape index (κ1) is 18.5. The summed E-state index contributed by atoms with van der Waals surface area (Å²) in [5.41, 5.74) is 3.32. The molecule has 1 aliphatic carbocycles. The molecule has 0 unspecified atom stereocenters. The van der Waals surface area contributed by atoms with Gasteiger partial charge in [-0.2, -0.15) is 0 Å². The Balaban J connectivity index is 1.21. The van der Waals surface area contributed by atoms with Crippen LogP contribution < -0.4 is 16.4 Å². The summed E-state index contributed by atoms with van der Waals surface area (Å²) >= 11 is 0. The van der Waals surface area contributed by atoms with Crippen LogP contribution in [0.3, 0.4) is 0 Å². The summed E-state index contributed by atoms with van der Waals surface area (Å²) in [5, 5.41) is 6.51. The number of rotatable bonds is 6. The number of aromatic nitrogens is 1. The van der Waals surface area contributed by atoms with Crippen molar-refractivity contribution in [2.45, 2.75) is 37.6 Å². The molecule has 146 valence electrons. The molecule has 28 heavy (non-hydrogen) atoms. The van der Waals surface area contributed by atoms with Crippen molar-refractivity contribution in [3.63, 3.8) is 0 Å². The van der Waals surface area contributed by atoms with Crippen LogP contribution in [0, 0.1) is 0 Å². The second-order valence-electron chi connectivity index (χ2n) is 7.39. The van der Waals surface area contributed by atoms with Gasteiger partial charge in [0.25, 0.3) is 5.91 Å². The molecular weight excluding hydrogens is 354 g/mol. The van der Waals surface area contributed by atoms with Gasteiger partial charge in [-0.3, -0.25) is 9.78 Å². The van der Waals surface area contributed by atoms with E-state index in [4.69, 9.17) is 4.42 Å². The largest absolute Gasteiger partial charge is 0.417 e. The summed E-state index contributed by atoms with van der Waals surface area (Å²) < 4.78 is 5.18. The third kappa shape index (κ3) is 4.34. The number of fused-ring (bicyclic) bond motifs is 1. The molecule has 3 aromatic rings. The maximum absolute atomic E-state index is 12.0. The summed E-state index contributed by atoms with van der Waals surface area (Å²) in [5.74, 6) is 0.0674. The van der Waals surface area contributed by atoms with Crippen LogP contribution in [0.2, 0.25) is 0 Å². The number of benzene rings is 2. The van der Waals surface area contributed by atoms with E-state index in [-0.39, 0.29) is 5.91 Å². The monoisotopic (exact) mass is 379 g/mol. The molecule has 1 fully saturated rings. The van der Waals surface area contributed by atoms with Gasteiger partial charge in [0.1, 0.15) is 0 Å². The van der Waals surface area contributed by atoms with Gasteiger partial charge in [-0.15, -0.1) is 0 Å². The van der Waals surface area contributed by atoms with Gasteiger partial charge in [0.2, 0.25) is 0 Å². The van der Waals surface area contributed by atoms with E-state index in [1.807, 2.05) is 42.5 Å². The van der Waals surface area contributed by atoms with E-state index in [0.29, 0.717) is 29.7 Å². The highest BCUT2D eigenvalue weighted by atomic mass is 16.4. The fourth-order valence-electron chi connectivity index (χ4n) is 3.99. The summed E-state index contributed by atoms with van der Waals surface area (Å²) in [7, 11) is 0. The Morgan fingerprint density at radius 1 is 1.04 bits per heavy atom. The number of hydrogen-bond donors (Lipinski definition) is 3. The molecule has 6 heteroatoms. The number of carbonyl (C=O) groups is 1. The van der Waals surface area contributed by atoms with E-state index in [1.165, 1.54) is 5.56 Å². The Bertz CT molecular complexity index is 985. The minimum absolute atomic E-state index is 0.0297. The fraction of sp³-hybridized carbons (Fsp3) is 0.364. The van der Waals surface area contributed by atoms with E-state index in [9.17, 15) is 9.59 Å². The Hall–Kier alpha value is -2.86. The van der Waals surface area contributed by atoms with E-state index in [0.717, 1.165) is 37.7 Å². The second kappa shape index (κ2) is 8.44. The first-order chi connectivity index (χ1) is 13.7. The second-order valence-corrected chi connectivity index (χ2v) is 7.39. The topological polar surface area (TPSA) is 87.1 Å². The van der Waals surface area contributed by atoms with E-state index in [1.54, 1.807) is 0 Å². The van der Waals surface area contributed by atoms with Crippen LogP contribution in [0.5, 0.6) is 0 Å². The average molecular weight is 379 g/mol. The predicted molar refractivity (Wildman–Crippen MR) is 109 cm³/mol. The Morgan fingerprint density at radius 2 is 1.82 bits per heavy atom. The first-order valence-corrected chi connectivity index (χ1v) is 9.88. The van der Waals surface area contributed by atoms with Crippen LogP contribution in [0.25, 0.3) is 11.1 Å². The molecule has 1 amide bonds. The van der Waals surface area contributed by atoms with Crippen LogP contribution in [-0.2, 0) is 0 Å². The molecule has 3 N–H and O–H groups in total. The SMILES string of the molecule is O=C(NCCNC1CCC(c2ccc3[nH]c(=O)oc3c2)CC1)c1ccccc1. The van der Waals surface area contributed by atoms with Gasteiger partial charge in [0.05, 0.1) is 5.52 Å². The number of aromatic amines is 1. The maximum Gasteiger partial charge on any atom is 0.417 e. The van der Waals surface area contributed by atoms with Crippen molar-refractivity contribution < 1.29 is 9.21 Å². The molecule has 4 rings (SSSR count). The Labute approximate surface area is 163 Å². The fourth-order valence-corrected chi connectivity index (χ4v) is 3.99. The van der Waals surface area contributed by atoms with Gasteiger partial charge < -0.3 is 15.1 Å². The molecule has 0 spiro atoms. The quantitative estimate of drug-likeness (QED) is 0.574. The molecule has 1 saturated carbocycles. The highest BCUT2D eigenvalue weighted by Crippen LogP contribution is 2.33. The normalized spacial score (nSPS) is 19.6. The van der Waals surface area contributed by atoms with E-state index >= 15 is 0 Å². The van der Waals surface area contributed by atoms with Gasteiger partial charge in [-0.25, -0.2) is 4.79 Å². The molecule has 0 aliphatic heterocycles. The molecule has 1 aliphatic rings. The minimum Gasteiger partial charge on any atom is -0.408 e. The smallest absolute Gasteiger partial charge is 0.408 e. The summed E-state index contributed by atoms with van der Waals surface area (Å²) in [6.45, 7) is 1.39. The predicted octanol–water partition coefficient (Wildman–Crippen LogP) is 3.17. The van der Waals surface area contributed by atoms with E-state index < -0.39 is 5.76 Å². The van der Waals surface area contributed by atoms with Crippen molar-refractivity contribution in [3.8, 4) is 0 Å². The van der Waals surface area contributed by atoms with Crippen molar-refractivity contribution in [1.29, 1.82) is 0 Å². The van der Waals surface area contributed by atoms with Gasteiger partial charge in [0.15, 0.2) is 5.58 Å². The number of oxazole rings is 1. The van der Waals surface area contributed by atoms with Crippen LogP contribution in [0.15, 0.2) is 57.7 Å². The lowest BCUT2D eigenvalue weighted by molar-refractivity contribution is 0.0953. The summed E-state index contributed by atoms with van der Waals surface area (Å²) in [4.78, 5) is 26.0. The molecule has 1 aromatic heterocycles. The lowest BCUT2D eigenvalue weighted by Crippen LogP contribution is -2.38. The van der Waals surface area contributed by atoms with Crippen LogP contribution in [0.1, 0.15) is 47.5 Å². The van der Waals surface area contributed by atoms with Crippen LogP contribution in [0.4, 0.5) is 0 Å². The zero-order valence-electron chi connectivity index (χ0n) is 15.7. The lowest BCUT2D eigenvalue weighted by atomic mass is 9.81. The molecule has 1 heterocycles. The average Bonchev–Trinajstić information content (AvgIpc) is 3.11. The van der Waals surface area contributed by atoms with Gasteiger partial charge in [-0.05, 0) is 61.4 Å². The van der Waals surface area contributed by atoms with Gasteiger partial charge >= 0.3 is 5.76 Å². The molecule has 2 aromatic carbocycles. The zero-order chi connectivity index (χ0) is 19.3. The maximum atomic E-state index is 12.0. The Kier molecular flexibility index (Phi) is 5.58. The lowest BCUT2D eigenvalue weighted by Gasteiger charge is -2.29. The molecular formula is C22H25N3O3. The van der Waals surface area contributed by atoms with Crippen molar-refractivity contribution in [3.05, 3.63) is 70.2 Å². The van der Waals surface area contributed by atoms with Gasteiger partial charge in [0, 0.05) is 24.7 Å². The molecule has 6 nitrogen and oxygen atoms in total. The molecule has 0 saturated heterocycles. The molecule has 0 radical (unpaired) electrons. The number of H-pyrrole nitrogens is 1. The minimum atomic E-state index is -0.403. The zero-order valence-corrected chi connectivity index (χ0v) is 15.7.